The average Bonchev–Trinajstić information content (AvgIpc) is 2.48. The van der Waals surface area contributed by atoms with E-state index in [1.54, 1.807) is 6.07 Å². The minimum absolute atomic E-state index is 0.0561. The Kier molecular flexibility index (Phi) is 2.52. The van der Waals surface area contributed by atoms with Crippen LogP contribution in [0.5, 0.6) is 0 Å². The molecule has 2 rings (SSSR count). The Bertz CT molecular complexity index is 428. The highest BCUT2D eigenvalue weighted by atomic mass is 35.5. The van der Waals surface area contributed by atoms with E-state index in [0.717, 1.165) is 5.56 Å². The Morgan fingerprint density at radius 2 is 2.07 bits per heavy atom. The van der Waals surface area contributed by atoms with E-state index in [9.17, 15) is 4.79 Å². The van der Waals surface area contributed by atoms with Gasteiger partial charge in [-0.15, -0.1) is 11.8 Å². The largest absolute Gasteiger partial charge is 0.393 e. The van der Waals surface area contributed by atoms with E-state index in [2.05, 4.69) is 0 Å². The number of carbonyl (C=O) groups excluding carboxylic acids is 1. The molecule has 2 nitrogen and oxygen atoms in total. The lowest BCUT2D eigenvalue weighted by Crippen LogP contribution is -2.01. The molecule has 1 aliphatic rings. The highest BCUT2D eigenvalue weighted by Crippen LogP contribution is 2.34. The van der Waals surface area contributed by atoms with Crippen molar-refractivity contribution in [2.24, 2.45) is 5.73 Å². The van der Waals surface area contributed by atoms with Gasteiger partial charge >= 0.3 is 0 Å². The number of ketones is 1. The molecule has 14 heavy (non-hydrogen) atoms. The van der Waals surface area contributed by atoms with Crippen molar-refractivity contribution in [2.45, 2.75) is 0 Å². The fourth-order valence-corrected chi connectivity index (χ4v) is 2.40. The first-order valence-corrected chi connectivity index (χ1v) is 5.47. The van der Waals surface area contributed by atoms with Gasteiger partial charge in [0, 0.05) is 10.6 Å². The van der Waals surface area contributed by atoms with Crippen molar-refractivity contribution in [3.8, 4) is 0 Å². The highest BCUT2D eigenvalue weighted by molar-refractivity contribution is 8.04. The molecule has 4 heteroatoms. The van der Waals surface area contributed by atoms with Crippen LogP contribution in [0.2, 0.25) is 5.02 Å². The van der Waals surface area contributed by atoms with E-state index in [1.807, 2.05) is 18.2 Å². The molecule has 1 aliphatic heterocycles. The number of carbonyl (C=O) groups is 1. The number of nitrogens with two attached hydrogens (primary N) is 1. The first kappa shape index (κ1) is 9.62. The van der Waals surface area contributed by atoms with Crippen LogP contribution in [0.15, 0.2) is 29.3 Å². The van der Waals surface area contributed by atoms with Crippen molar-refractivity contribution in [3.05, 3.63) is 39.9 Å². The molecular weight excluding hydrogens is 218 g/mol. The number of hydrogen-bond donors (Lipinski definition) is 1. The lowest BCUT2D eigenvalue weighted by atomic mass is 10.0. The van der Waals surface area contributed by atoms with Crippen LogP contribution < -0.4 is 5.73 Å². The summed E-state index contributed by atoms with van der Waals surface area (Å²) >= 11 is 7.35. The molecule has 0 radical (unpaired) electrons. The van der Waals surface area contributed by atoms with Crippen molar-refractivity contribution in [1.82, 2.24) is 0 Å². The van der Waals surface area contributed by atoms with Crippen LogP contribution in [0.1, 0.15) is 5.56 Å². The van der Waals surface area contributed by atoms with Crippen molar-refractivity contribution >= 4 is 34.7 Å². The van der Waals surface area contributed by atoms with Crippen LogP contribution in [0.3, 0.4) is 0 Å². The first-order chi connectivity index (χ1) is 6.70. The number of rotatable bonds is 1. The summed E-state index contributed by atoms with van der Waals surface area (Å²) in [5, 5.41) is 1.14. The predicted molar refractivity (Wildman–Crippen MR) is 60.0 cm³/mol. The summed E-state index contributed by atoms with van der Waals surface area (Å²) in [6.07, 6.45) is 0. The van der Waals surface area contributed by atoms with Gasteiger partial charge in [0.05, 0.1) is 16.4 Å². The highest BCUT2D eigenvalue weighted by Gasteiger charge is 2.24. The van der Waals surface area contributed by atoms with Crippen molar-refractivity contribution < 1.29 is 4.79 Å². The fourth-order valence-electron chi connectivity index (χ4n) is 1.37. The molecule has 72 valence electrons. The predicted octanol–water partition coefficient (Wildman–Crippen LogP) is 2.28. The number of hydrogen-bond acceptors (Lipinski definition) is 3. The van der Waals surface area contributed by atoms with Gasteiger partial charge < -0.3 is 5.73 Å². The van der Waals surface area contributed by atoms with Gasteiger partial charge in [0.1, 0.15) is 0 Å². The zero-order chi connectivity index (χ0) is 10.1. The summed E-state index contributed by atoms with van der Waals surface area (Å²) in [6, 6.07) is 7.24. The monoisotopic (exact) mass is 225 g/mol. The van der Waals surface area contributed by atoms with Gasteiger partial charge in [-0.1, -0.05) is 29.8 Å². The average molecular weight is 226 g/mol. The molecule has 2 N–H and O–H groups in total. The molecule has 0 spiro atoms. The Labute approximate surface area is 91.1 Å². The van der Waals surface area contributed by atoms with Gasteiger partial charge in [0.2, 0.25) is 0 Å². The molecule has 1 aromatic rings. The molecule has 1 aromatic carbocycles. The van der Waals surface area contributed by atoms with Crippen LogP contribution in [0, 0.1) is 0 Å². The number of Topliss-reactive ketones (excluding diaryl/α,β-unsaturated/α-hetero) is 1. The van der Waals surface area contributed by atoms with Crippen LogP contribution >= 0.6 is 23.4 Å². The van der Waals surface area contributed by atoms with E-state index in [-0.39, 0.29) is 5.78 Å². The first-order valence-electron chi connectivity index (χ1n) is 4.11. The molecular formula is C10H8ClNOS. The second-order valence-electron chi connectivity index (χ2n) is 2.93. The topological polar surface area (TPSA) is 43.1 Å². The molecule has 0 aliphatic carbocycles. The summed E-state index contributed by atoms with van der Waals surface area (Å²) in [5.74, 6) is 0.479. The van der Waals surface area contributed by atoms with Crippen LogP contribution in [0.25, 0.3) is 5.57 Å². The molecule has 0 unspecified atom stereocenters. The van der Waals surface area contributed by atoms with Gasteiger partial charge in [-0.25, -0.2) is 0 Å². The van der Waals surface area contributed by atoms with Crippen LogP contribution in [-0.2, 0) is 4.79 Å². The van der Waals surface area contributed by atoms with Crippen molar-refractivity contribution in [2.75, 3.05) is 5.75 Å². The summed E-state index contributed by atoms with van der Waals surface area (Å²) in [7, 11) is 0. The molecule has 0 atom stereocenters. The zero-order valence-electron chi connectivity index (χ0n) is 7.29. The van der Waals surface area contributed by atoms with Crippen LogP contribution in [0.4, 0.5) is 0 Å². The van der Waals surface area contributed by atoms with Gasteiger partial charge in [0.25, 0.3) is 0 Å². The smallest absolute Gasteiger partial charge is 0.176 e. The standard InChI is InChI=1S/C10H8ClNOS/c11-7-4-2-1-3-6(7)9-8(13)5-14-10(9)12/h1-4H,5,12H2. The molecule has 0 saturated heterocycles. The van der Waals surface area contributed by atoms with E-state index >= 15 is 0 Å². The van der Waals surface area contributed by atoms with Gasteiger partial charge in [-0.2, -0.15) is 0 Å². The third kappa shape index (κ3) is 1.53. The quantitative estimate of drug-likeness (QED) is 0.798. The Morgan fingerprint density at radius 1 is 1.36 bits per heavy atom. The number of thioether (sulfide) groups is 1. The lowest BCUT2D eigenvalue weighted by Gasteiger charge is -2.03. The molecule has 1 heterocycles. The molecule has 0 bridgehead atoms. The Balaban J connectivity index is 2.55. The van der Waals surface area contributed by atoms with Crippen LogP contribution in [-0.4, -0.2) is 11.5 Å². The summed E-state index contributed by atoms with van der Waals surface area (Å²) in [4.78, 5) is 11.5. The van der Waals surface area contributed by atoms with Gasteiger partial charge in [0.15, 0.2) is 5.78 Å². The van der Waals surface area contributed by atoms with E-state index in [0.29, 0.717) is 21.4 Å². The minimum Gasteiger partial charge on any atom is -0.393 e. The molecule has 0 saturated carbocycles. The molecule has 0 amide bonds. The maximum Gasteiger partial charge on any atom is 0.176 e. The minimum atomic E-state index is 0.0561. The van der Waals surface area contributed by atoms with E-state index in [4.69, 9.17) is 17.3 Å². The summed E-state index contributed by atoms with van der Waals surface area (Å²) < 4.78 is 0. The SMILES string of the molecule is NC1=C(c2ccccc2Cl)C(=O)CS1. The Morgan fingerprint density at radius 3 is 2.64 bits per heavy atom. The summed E-state index contributed by atoms with van der Waals surface area (Å²) in [6.45, 7) is 0. The third-order valence-electron chi connectivity index (χ3n) is 2.03. The van der Waals surface area contributed by atoms with Gasteiger partial charge in [-0.05, 0) is 6.07 Å². The Hall–Kier alpha value is -0.930. The number of halogens is 1. The van der Waals surface area contributed by atoms with E-state index in [1.165, 1.54) is 11.8 Å². The molecule has 0 fully saturated rings. The normalized spacial score (nSPS) is 16.5. The van der Waals surface area contributed by atoms with Crippen molar-refractivity contribution in [1.29, 1.82) is 0 Å². The lowest BCUT2D eigenvalue weighted by molar-refractivity contribution is -0.111. The molecule has 0 aromatic heterocycles. The zero-order valence-corrected chi connectivity index (χ0v) is 8.86. The maximum absolute atomic E-state index is 11.5. The van der Waals surface area contributed by atoms with E-state index < -0.39 is 0 Å². The third-order valence-corrected chi connectivity index (χ3v) is 3.28. The van der Waals surface area contributed by atoms with Gasteiger partial charge in [-0.3, -0.25) is 4.79 Å². The second kappa shape index (κ2) is 3.67. The maximum atomic E-state index is 11.5. The summed E-state index contributed by atoms with van der Waals surface area (Å²) in [5.41, 5.74) is 7.04. The second-order valence-corrected chi connectivity index (χ2v) is 4.36. The van der Waals surface area contributed by atoms with Crippen molar-refractivity contribution in [3.63, 3.8) is 0 Å². The number of benzene rings is 1. The fraction of sp³-hybridized carbons (Fsp3) is 0.100. The number of allylic oxidation sites excluding steroid dienone is 1.